The number of rotatable bonds is 5. The topological polar surface area (TPSA) is 84.6 Å². The molecular weight excluding hydrogens is 402 g/mol. The highest BCUT2D eigenvalue weighted by Gasteiger charge is 2.40. The predicted octanol–water partition coefficient (Wildman–Crippen LogP) is 3.47. The molecule has 168 valence electrons. The molecule has 1 saturated heterocycles. The second-order valence-electron chi connectivity index (χ2n) is 9.96. The Morgan fingerprint density at radius 1 is 1.06 bits per heavy atom. The van der Waals surface area contributed by atoms with Gasteiger partial charge in [-0.25, -0.2) is 14.5 Å². The van der Waals surface area contributed by atoms with E-state index in [4.69, 9.17) is 4.74 Å². The highest BCUT2D eigenvalue weighted by Crippen LogP contribution is 2.46. The lowest BCUT2D eigenvalue weighted by Gasteiger charge is -2.47. The number of ether oxygens (including phenoxy) is 1. The van der Waals surface area contributed by atoms with Crippen LogP contribution in [-0.2, 0) is 11.3 Å². The summed E-state index contributed by atoms with van der Waals surface area (Å²) >= 11 is 0. The van der Waals surface area contributed by atoms with E-state index in [1.165, 1.54) is 49.9 Å². The molecule has 2 aliphatic carbocycles. The van der Waals surface area contributed by atoms with Gasteiger partial charge in [-0.05, 0) is 74.0 Å². The van der Waals surface area contributed by atoms with Crippen LogP contribution >= 0.6 is 0 Å². The standard InChI is InChI=1S/C25H31N5O2/c31-22-2-1-3-23(22)32-14-24-27-11-19(12-28-24)18-6-9-30-21(10-18)20(13-29-30)17-4-7-25(8-5-17)15-26-16-25/h6,9-13,17,22-23,26,31H,1-5,7-8,14-16H2/t22-,23-/m0/s1. The zero-order valence-electron chi connectivity index (χ0n) is 18.4. The normalized spacial score (nSPS) is 25.4. The Morgan fingerprint density at radius 2 is 1.88 bits per heavy atom. The van der Waals surface area contributed by atoms with Crippen molar-refractivity contribution in [2.45, 2.75) is 69.7 Å². The highest BCUT2D eigenvalue weighted by molar-refractivity contribution is 5.69. The lowest BCUT2D eigenvalue weighted by molar-refractivity contribution is -0.0295. The molecule has 3 fully saturated rings. The molecule has 0 amide bonds. The Kier molecular flexibility index (Phi) is 5.20. The van der Waals surface area contributed by atoms with Crippen molar-refractivity contribution in [3.05, 3.63) is 48.3 Å². The molecule has 0 aromatic carbocycles. The van der Waals surface area contributed by atoms with Crippen LogP contribution in [0.1, 0.15) is 62.3 Å². The molecule has 7 heteroatoms. The number of hydrogen-bond acceptors (Lipinski definition) is 6. The Bertz CT molecular complexity index is 1080. The molecule has 3 aliphatic rings. The van der Waals surface area contributed by atoms with Gasteiger partial charge >= 0.3 is 0 Å². The van der Waals surface area contributed by atoms with Gasteiger partial charge in [-0.15, -0.1) is 0 Å². The molecular formula is C25H31N5O2. The van der Waals surface area contributed by atoms with Gasteiger partial charge in [0.2, 0.25) is 0 Å². The van der Waals surface area contributed by atoms with Gasteiger partial charge in [0.1, 0.15) is 6.61 Å². The first-order valence-corrected chi connectivity index (χ1v) is 12.0. The van der Waals surface area contributed by atoms with Crippen molar-refractivity contribution in [1.82, 2.24) is 24.9 Å². The van der Waals surface area contributed by atoms with Gasteiger partial charge in [-0.2, -0.15) is 5.10 Å². The van der Waals surface area contributed by atoms with E-state index in [2.05, 4.69) is 38.7 Å². The molecule has 32 heavy (non-hydrogen) atoms. The molecule has 3 aromatic heterocycles. The van der Waals surface area contributed by atoms with Gasteiger partial charge in [0.25, 0.3) is 0 Å². The average Bonchev–Trinajstić information content (AvgIpc) is 3.42. The Balaban J connectivity index is 1.17. The van der Waals surface area contributed by atoms with Crippen LogP contribution < -0.4 is 5.32 Å². The Labute approximate surface area is 188 Å². The minimum Gasteiger partial charge on any atom is -0.390 e. The summed E-state index contributed by atoms with van der Waals surface area (Å²) in [4.78, 5) is 9.01. The van der Waals surface area contributed by atoms with Gasteiger partial charge in [0, 0.05) is 42.8 Å². The number of pyridine rings is 1. The molecule has 0 radical (unpaired) electrons. The molecule has 0 unspecified atom stereocenters. The van der Waals surface area contributed by atoms with Gasteiger partial charge in [0.05, 0.1) is 23.9 Å². The third kappa shape index (κ3) is 3.72. The lowest BCUT2D eigenvalue weighted by atomic mass is 9.66. The molecule has 4 heterocycles. The van der Waals surface area contributed by atoms with E-state index in [9.17, 15) is 5.11 Å². The van der Waals surface area contributed by atoms with E-state index in [1.807, 2.05) is 23.1 Å². The molecule has 2 N–H and O–H groups in total. The number of aliphatic hydroxyl groups is 1. The number of nitrogens with one attached hydrogen (secondary N) is 1. The van der Waals surface area contributed by atoms with Crippen LogP contribution in [0.15, 0.2) is 36.9 Å². The zero-order chi connectivity index (χ0) is 21.5. The number of hydrogen-bond donors (Lipinski definition) is 2. The summed E-state index contributed by atoms with van der Waals surface area (Å²) in [7, 11) is 0. The van der Waals surface area contributed by atoms with E-state index in [0.717, 1.165) is 30.4 Å². The first-order chi connectivity index (χ1) is 15.7. The van der Waals surface area contributed by atoms with E-state index in [0.29, 0.717) is 23.8 Å². The van der Waals surface area contributed by atoms with E-state index >= 15 is 0 Å². The monoisotopic (exact) mass is 433 g/mol. The molecule has 6 rings (SSSR count). The fourth-order valence-corrected chi connectivity index (χ4v) is 5.73. The molecule has 7 nitrogen and oxygen atoms in total. The van der Waals surface area contributed by atoms with E-state index in [-0.39, 0.29) is 12.2 Å². The first kappa shape index (κ1) is 20.3. The summed E-state index contributed by atoms with van der Waals surface area (Å²) in [6, 6.07) is 4.30. The SMILES string of the molecule is O[C@H]1CCC[C@@H]1OCc1ncc(-c2ccn3ncc(C4CCC5(CC4)CNC5)c3c2)cn1. The summed E-state index contributed by atoms with van der Waals surface area (Å²) in [5.41, 5.74) is 5.23. The molecule has 3 aromatic rings. The number of nitrogens with zero attached hydrogens (tertiary/aromatic N) is 4. The third-order valence-electron chi connectivity index (χ3n) is 7.92. The van der Waals surface area contributed by atoms with Crippen LogP contribution in [0.5, 0.6) is 0 Å². The van der Waals surface area contributed by atoms with Crippen molar-refractivity contribution in [3.8, 4) is 11.1 Å². The fraction of sp³-hybridized carbons (Fsp3) is 0.560. The van der Waals surface area contributed by atoms with Crippen molar-refractivity contribution in [1.29, 1.82) is 0 Å². The number of aliphatic hydroxyl groups excluding tert-OH is 1. The minimum absolute atomic E-state index is 0.0869. The molecule has 1 aliphatic heterocycles. The summed E-state index contributed by atoms with van der Waals surface area (Å²) in [6.07, 6.45) is 15.3. The second kappa shape index (κ2) is 8.21. The van der Waals surface area contributed by atoms with E-state index in [1.54, 1.807) is 0 Å². The molecule has 0 bridgehead atoms. The van der Waals surface area contributed by atoms with Crippen LogP contribution in [0.2, 0.25) is 0 Å². The van der Waals surface area contributed by atoms with Crippen LogP contribution in [0.4, 0.5) is 0 Å². The maximum atomic E-state index is 9.91. The van der Waals surface area contributed by atoms with Crippen molar-refractivity contribution >= 4 is 5.52 Å². The quantitative estimate of drug-likeness (QED) is 0.641. The first-order valence-electron chi connectivity index (χ1n) is 12.0. The van der Waals surface area contributed by atoms with Crippen molar-refractivity contribution in [2.75, 3.05) is 13.1 Å². The van der Waals surface area contributed by atoms with Crippen molar-refractivity contribution in [2.24, 2.45) is 5.41 Å². The van der Waals surface area contributed by atoms with Crippen molar-refractivity contribution < 1.29 is 9.84 Å². The number of aromatic nitrogens is 4. The van der Waals surface area contributed by atoms with Crippen LogP contribution in [0, 0.1) is 5.41 Å². The minimum atomic E-state index is -0.356. The third-order valence-corrected chi connectivity index (χ3v) is 7.92. The molecule has 1 spiro atoms. The van der Waals surface area contributed by atoms with Crippen LogP contribution in [-0.4, -0.2) is 50.0 Å². The zero-order valence-corrected chi connectivity index (χ0v) is 18.4. The second-order valence-corrected chi connectivity index (χ2v) is 9.96. The number of fused-ring (bicyclic) bond motifs is 1. The van der Waals surface area contributed by atoms with E-state index < -0.39 is 0 Å². The van der Waals surface area contributed by atoms with Gasteiger partial charge in [0.15, 0.2) is 5.82 Å². The summed E-state index contributed by atoms with van der Waals surface area (Å²) in [5, 5.41) is 18.0. The van der Waals surface area contributed by atoms with Crippen LogP contribution in [0.3, 0.4) is 0 Å². The predicted molar refractivity (Wildman–Crippen MR) is 121 cm³/mol. The lowest BCUT2D eigenvalue weighted by Crippen LogP contribution is -2.54. The average molecular weight is 434 g/mol. The molecule has 2 saturated carbocycles. The summed E-state index contributed by atoms with van der Waals surface area (Å²) < 4.78 is 7.80. The largest absolute Gasteiger partial charge is 0.390 e. The maximum Gasteiger partial charge on any atom is 0.153 e. The van der Waals surface area contributed by atoms with Crippen molar-refractivity contribution in [3.63, 3.8) is 0 Å². The molecule has 2 atom stereocenters. The maximum absolute atomic E-state index is 9.91. The van der Waals surface area contributed by atoms with Gasteiger partial charge < -0.3 is 15.2 Å². The van der Waals surface area contributed by atoms with Gasteiger partial charge in [-0.1, -0.05) is 0 Å². The highest BCUT2D eigenvalue weighted by atomic mass is 16.5. The smallest absolute Gasteiger partial charge is 0.153 e. The Morgan fingerprint density at radius 3 is 2.56 bits per heavy atom. The summed E-state index contributed by atoms with van der Waals surface area (Å²) in [5.74, 6) is 1.25. The summed E-state index contributed by atoms with van der Waals surface area (Å²) in [6.45, 7) is 2.73. The Hall–Kier alpha value is -2.35. The van der Waals surface area contributed by atoms with Gasteiger partial charge in [-0.3, -0.25) is 0 Å². The fourth-order valence-electron chi connectivity index (χ4n) is 5.73. The van der Waals surface area contributed by atoms with Crippen LogP contribution in [0.25, 0.3) is 16.6 Å².